The molecule has 0 saturated carbocycles. The number of benzene rings is 3. The minimum atomic E-state index is 0.859. The van der Waals surface area contributed by atoms with Crippen LogP contribution in [0.15, 0.2) is 116 Å². The summed E-state index contributed by atoms with van der Waals surface area (Å²) < 4.78 is 13.2. The van der Waals surface area contributed by atoms with Gasteiger partial charge in [0.1, 0.15) is 5.58 Å². The molecule has 0 atom stereocenters. The second kappa shape index (κ2) is 12.2. The molecule has 42 heavy (non-hydrogen) atoms. The first-order valence-electron chi connectivity index (χ1n) is 14.4. The quantitative estimate of drug-likeness (QED) is 0.185. The van der Waals surface area contributed by atoms with E-state index in [1.165, 1.54) is 27.9 Å². The van der Waals surface area contributed by atoms with Crippen molar-refractivity contribution in [2.45, 2.75) is 19.3 Å². The zero-order chi connectivity index (χ0) is 29.2. The molecule has 5 heteroatoms. The van der Waals surface area contributed by atoms with Crippen molar-refractivity contribution < 1.29 is 9.15 Å². The Balaban J connectivity index is 1.40. The number of fused-ring (bicyclic) bond motifs is 2. The molecule has 3 radical (unpaired) electrons. The van der Waals surface area contributed by atoms with Crippen LogP contribution in [0, 0.1) is 0 Å². The average Bonchev–Trinajstić information content (AvgIpc) is 3.41. The summed E-state index contributed by atoms with van der Waals surface area (Å²) in [6.45, 7) is 0. The van der Waals surface area contributed by atoms with Crippen molar-refractivity contribution in [3.8, 4) is 5.75 Å². The van der Waals surface area contributed by atoms with Crippen LogP contribution in [0.1, 0.15) is 36.0 Å². The van der Waals surface area contributed by atoms with Crippen LogP contribution in [0.25, 0.3) is 28.2 Å². The van der Waals surface area contributed by atoms with E-state index in [-0.39, 0.29) is 0 Å². The number of furan rings is 1. The van der Waals surface area contributed by atoms with Crippen LogP contribution in [0.2, 0.25) is 0 Å². The van der Waals surface area contributed by atoms with Crippen LogP contribution in [0.3, 0.4) is 0 Å². The maximum atomic E-state index is 6.17. The number of ether oxygens (including phenoxy) is 1. The number of hydrogen-bond donors (Lipinski definition) is 0. The Hall–Kier alpha value is -3.78. The van der Waals surface area contributed by atoms with Gasteiger partial charge in [-0.05, 0) is 12.1 Å². The van der Waals surface area contributed by atoms with Crippen molar-refractivity contribution in [2.75, 3.05) is 38.0 Å². The van der Waals surface area contributed by atoms with Crippen molar-refractivity contribution in [1.29, 1.82) is 0 Å². The second-order valence-electron chi connectivity index (χ2n) is 11.2. The van der Waals surface area contributed by atoms with E-state index in [1.54, 1.807) is 0 Å². The number of anilines is 2. The van der Waals surface area contributed by atoms with Gasteiger partial charge in [-0.25, -0.2) is 0 Å². The molecule has 4 aromatic rings. The molecule has 1 aliphatic heterocycles. The fourth-order valence-electron chi connectivity index (χ4n) is 5.68. The van der Waals surface area contributed by atoms with E-state index in [0.29, 0.717) is 0 Å². The molecule has 2 aliphatic rings. The van der Waals surface area contributed by atoms with Gasteiger partial charge in [-0.15, -0.1) is 0 Å². The van der Waals surface area contributed by atoms with Crippen molar-refractivity contribution in [3.05, 3.63) is 128 Å². The first-order valence-corrected chi connectivity index (χ1v) is 16.3. The Labute approximate surface area is 264 Å². The second-order valence-corrected chi connectivity index (χ2v) is 13.1. The van der Waals surface area contributed by atoms with Crippen LogP contribution in [-0.2, 0) is 0 Å². The van der Waals surface area contributed by atoms with Crippen molar-refractivity contribution in [3.63, 3.8) is 0 Å². The molecule has 2 heterocycles. The summed E-state index contributed by atoms with van der Waals surface area (Å²) in [6.07, 6.45) is 16.4. The Morgan fingerprint density at radius 3 is 2.36 bits per heavy atom. The van der Waals surface area contributed by atoms with Crippen LogP contribution in [0.5, 0.6) is 5.75 Å². The third kappa shape index (κ3) is 5.91. The molecule has 1 aliphatic carbocycles. The summed E-state index contributed by atoms with van der Waals surface area (Å²) in [5, 5.41) is 1.14. The van der Waals surface area contributed by atoms with E-state index >= 15 is 0 Å². The summed E-state index contributed by atoms with van der Waals surface area (Å²) in [5.74, 6) is 0.939. The molecule has 209 valence electrons. The molecule has 0 N–H and O–H groups in total. The molecule has 0 bridgehead atoms. The summed E-state index contributed by atoms with van der Waals surface area (Å²) in [4.78, 5) is 4.21. The average molecular weight is 747 g/mol. The van der Waals surface area contributed by atoms with Crippen molar-refractivity contribution >= 4 is 65.3 Å². The summed E-state index contributed by atoms with van der Waals surface area (Å²) in [5.41, 5.74) is 12.0. The molecule has 3 aromatic carbocycles. The topological polar surface area (TPSA) is 28.9 Å². The SMILES string of the molecule is CN(C)c1ccc2c(c1)O[C]([Pb])=C/C2=C\C=C1/CCCC(/C=C/c2coc3cc(N(C)C)ccc23)=C1c1ccccc1. The number of nitrogens with zero attached hydrogens (tertiary/aromatic N) is 2. The van der Waals surface area contributed by atoms with Gasteiger partial charge in [0.15, 0.2) is 0 Å². The molecule has 0 amide bonds. The van der Waals surface area contributed by atoms with E-state index in [9.17, 15) is 0 Å². The van der Waals surface area contributed by atoms with Gasteiger partial charge in [-0.3, -0.25) is 0 Å². The van der Waals surface area contributed by atoms with Gasteiger partial charge in [0, 0.05) is 25.8 Å². The van der Waals surface area contributed by atoms with Crippen molar-refractivity contribution in [1.82, 2.24) is 0 Å². The standard InChI is InChI=1S/C37H35N2O2.Pb/c1-38(2)31-17-19-33-26(21-22-40-35(33)23-31)13-14-28-11-8-12-29(37(28)27-9-6-5-7-10-27)15-16-30-25-41-36-24-32(39(3)4)18-20-34(30)36;/h5-7,9-10,13-21,23-25H,8,11-12H2,1-4H3;/b16-15+,26-13+,28-14+;. The van der Waals surface area contributed by atoms with Gasteiger partial charge in [0.25, 0.3) is 0 Å². The molecule has 0 saturated heterocycles. The number of allylic oxidation sites excluding steroid dienone is 8. The third-order valence-corrected chi connectivity index (χ3v) is 8.89. The zero-order valence-corrected chi connectivity index (χ0v) is 28.5. The fourth-order valence-corrected chi connectivity index (χ4v) is 6.71. The van der Waals surface area contributed by atoms with E-state index in [0.717, 1.165) is 87.6 Å². The van der Waals surface area contributed by atoms with Crippen LogP contribution >= 0.6 is 0 Å². The molecular weight excluding hydrogens is 712 g/mol. The first kappa shape index (κ1) is 28.3. The van der Waals surface area contributed by atoms with Gasteiger partial charge in [0.05, 0.1) is 0 Å². The molecular formula is C37H35N2O2Pb. The Bertz CT molecular complexity index is 1790. The van der Waals surface area contributed by atoms with Crippen LogP contribution in [0.4, 0.5) is 11.4 Å². The molecule has 0 spiro atoms. The molecule has 1 aromatic heterocycles. The third-order valence-electron chi connectivity index (χ3n) is 7.93. The van der Waals surface area contributed by atoms with E-state index < -0.39 is 0 Å². The molecule has 0 fully saturated rings. The zero-order valence-electron chi connectivity index (χ0n) is 24.6. The summed E-state index contributed by atoms with van der Waals surface area (Å²) in [7, 11) is 8.22. The van der Waals surface area contributed by atoms with Gasteiger partial charge < -0.3 is 9.32 Å². The monoisotopic (exact) mass is 747 g/mol. The van der Waals surface area contributed by atoms with Gasteiger partial charge >= 0.3 is 213 Å². The minimum absolute atomic E-state index is 0.859. The molecule has 6 rings (SSSR count). The van der Waals surface area contributed by atoms with Gasteiger partial charge in [-0.1, -0.05) is 0 Å². The molecule has 4 nitrogen and oxygen atoms in total. The van der Waals surface area contributed by atoms with E-state index in [4.69, 9.17) is 9.15 Å². The normalized spacial score (nSPS) is 17.1. The van der Waals surface area contributed by atoms with Gasteiger partial charge in [0.2, 0.25) is 0 Å². The molecule has 0 unspecified atom stereocenters. The fraction of sp³-hybridized carbons (Fsp3) is 0.189. The van der Waals surface area contributed by atoms with E-state index in [2.05, 4.69) is 121 Å². The first-order chi connectivity index (χ1) is 20.4. The van der Waals surface area contributed by atoms with Gasteiger partial charge in [-0.2, -0.15) is 0 Å². The predicted octanol–water partition coefficient (Wildman–Crippen LogP) is 8.63. The Morgan fingerprint density at radius 2 is 1.57 bits per heavy atom. The van der Waals surface area contributed by atoms with Crippen molar-refractivity contribution in [2.24, 2.45) is 0 Å². The number of hydrogen-bond acceptors (Lipinski definition) is 4. The summed E-state index contributed by atoms with van der Waals surface area (Å²) in [6, 6.07) is 23.7. The Morgan fingerprint density at radius 1 is 0.810 bits per heavy atom. The maximum absolute atomic E-state index is 6.17. The Kier molecular flexibility index (Phi) is 8.25. The van der Waals surface area contributed by atoms with E-state index in [1.807, 2.05) is 20.4 Å². The summed E-state index contributed by atoms with van der Waals surface area (Å²) >= 11 is 0.859. The van der Waals surface area contributed by atoms with Crippen LogP contribution in [-0.4, -0.2) is 54.0 Å². The number of rotatable bonds is 6. The predicted molar refractivity (Wildman–Crippen MR) is 178 cm³/mol. The van der Waals surface area contributed by atoms with Crippen LogP contribution < -0.4 is 14.5 Å².